The van der Waals surface area contributed by atoms with Gasteiger partial charge in [0.15, 0.2) is 0 Å². The minimum atomic E-state index is -0.525. The maximum atomic E-state index is 13.5. The molecule has 0 aliphatic carbocycles. The van der Waals surface area contributed by atoms with Crippen LogP contribution in [0.1, 0.15) is 18.5 Å². The van der Waals surface area contributed by atoms with Crippen LogP contribution in [0.2, 0.25) is 5.02 Å². The first-order valence-corrected chi connectivity index (χ1v) is 5.62. The minimum absolute atomic E-state index is 0.0358. The van der Waals surface area contributed by atoms with E-state index in [4.69, 9.17) is 17.3 Å². The molecular formula is C13H12ClFN2. The smallest absolute Gasteiger partial charge is 0.220 e. The number of halogens is 2. The lowest BCUT2D eigenvalue weighted by atomic mass is 10.0. The Morgan fingerprint density at radius 2 is 1.94 bits per heavy atom. The average Bonchev–Trinajstić information content (AvgIpc) is 2.32. The summed E-state index contributed by atoms with van der Waals surface area (Å²) in [6, 6.07) is 8.90. The van der Waals surface area contributed by atoms with E-state index >= 15 is 0 Å². The van der Waals surface area contributed by atoms with E-state index in [1.165, 1.54) is 6.20 Å². The SMILES string of the molecule is CC(N)c1ccc(-c2cc(Cl)cnc2F)cc1. The highest BCUT2D eigenvalue weighted by atomic mass is 35.5. The van der Waals surface area contributed by atoms with Gasteiger partial charge in [-0.25, -0.2) is 4.98 Å². The molecule has 0 aliphatic rings. The number of aromatic nitrogens is 1. The topological polar surface area (TPSA) is 38.9 Å². The Morgan fingerprint density at radius 3 is 2.53 bits per heavy atom. The Balaban J connectivity index is 2.43. The molecule has 17 heavy (non-hydrogen) atoms. The van der Waals surface area contributed by atoms with Crippen molar-refractivity contribution >= 4 is 11.6 Å². The third-order valence-electron chi connectivity index (χ3n) is 2.55. The summed E-state index contributed by atoms with van der Waals surface area (Å²) in [7, 11) is 0. The van der Waals surface area contributed by atoms with Gasteiger partial charge < -0.3 is 5.73 Å². The van der Waals surface area contributed by atoms with E-state index in [1.54, 1.807) is 6.07 Å². The van der Waals surface area contributed by atoms with Crippen LogP contribution in [-0.4, -0.2) is 4.98 Å². The Kier molecular flexibility index (Phi) is 3.41. The molecule has 0 saturated heterocycles. The summed E-state index contributed by atoms with van der Waals surface area (Å²) in [4.78, 5) is 3.59. The fourth-order valence-electron chi connectivity index (χ4n) is 1.59. The number of benzene rings is 1. The van der Waals surface area contributed by atoms with Crippen LogP contribution in [-0.2, 0) is 0 Å². The molecule has 1 aromatic carbocycles. The Bertz CT molecular complexity index is 523. The van der Waals surface area contributed by atoms with Crippen molar-refractivity contribution in [1.82, 2.24) is 4.98 Å². The largest absolute Gasteiger partial charge is 0.324 e. The predicted octanol–water partition coefficient (Wildman–Crippen LogP) is 3.56. The van der Waals surface area contributed by atoms with Crippen molar-refractivity contribution < 1.29 is 4.39 Å². The highest BCUT2D eigenvalue weighted by molar-refractivity contribution is 6.30. The van der Waals surface area contributed by atoms with Crippen LogP contribution < -0.4 is 5.73 Å². The van der Waals surface area contributed by atoms with Crippen LogP contribution in [0, 0.1) is 5.95 Å². The van der Waals surface area contributed by atoms with Crippen LogP contribution >= 0.6 is 11.6 Å². The zero-order valence-electron chi connectivity index (χ0n) is 9.32. The molecule has 2 N–H and O–H groups in total. The van der Waals surface area contributed by atoms with Crippen molar-refractivity contribution in [3.63, 3.8) is 0 Å². The van der Waals surface area contributed by atoms with E-state index in [9.17, 15) is 4.39 Å². The maximum absolute atomic E-state index is 13.5. The van der Waals surface area contributed by atoms with Crippen molar-refractivity contribution in [2.45, 2.75) is 13.0 Å². The van der Waals surface area contributed by atoms with E-state index < -0.39 is 5.95 Å². The fraction of sp³-hybridized carbons (Fsp3) is 0.154. The summed E-state index contributed by atoms with van der Waals surface area (Å²) in [5.74, 6) is -0.525. The second kappa shape index (κ2) is 4.82. The average molecular weight is 251 g/mol. The van der Waals surface area contributed by atoms with Crippen molar-refractivity contribution in [3.05, 3.63) is 53.1 Å². The number of nitrogens with zero attached hydrogens (tertiary/aromatic N) is 1. The van der Waals surface area contributed by atoms with E-state index in [-0.39, 0.29) is 6.04 Å². The number of pyridine rings is 1. The second-order valence-electron chi connectivity index (χ2n) is 3.90. The van der Waals surface area contributed by atoms with Gasteiger partial charge in [0, 0.05) is 17.8 Å². The quantitative estimate of drug-likeness (QED) is 0.828. The molecule has 0 fully saturated rings. The monoisotopic (exact) mass is 250 g/mol. The molecule has 0 radical (unpaired) electrons. The standard InChI is InChI=1S/C13H12ClFN2/c1-8(16)9-2-4-10(5-3-9)12-6-11(14)7-17-13(12)15/h2-8H,16H2,1H3. The van der Waals surface area contributed by atoms with Crippen LogP contribution in [0.25, 0.3) is 11.1 Å². The first kappa shape index (κ1) is 12.0. The number of hydrogen-bond acceptors (Lipinski definition) is 2. The third kappa shape index (κ3) is 2.62. The number of hydrogen-bond donors (Lipinski definition) is 1. The number of nitrogens with two attached hydrogens (primary N) is 1. The lowest BCUT2D eigenvalue weighted by Gasteiger charge is -2.07. The summed E-state index contributed by atoms with van der Waals surface area (Å²) < 4.78 is 13.5. The summed E-state index contributed by atoms with van der Waals surface area (Å²) >= 11 is 5.80. The molecular weight excluding hydrogens is 239 g/mol. The van der Waals surface area contributed by atoms with Gasteiger partial charge in [-0.2, -0.15) is 4.39 Å². The molecule has 0 bridgehead atoms. The molecule has 1 unspecified atom stereocenters. The van der Waals surface area contributed by atoms with Crippen molar-refractivity contribution in [2.24, 2.45) is 5.73 Å². The zero-order valence-corrected chi connectivity index (χ0v) is 10.1. The van der Waals surface area contributed by atoms with Crippen molar-refractivity contribution in [2.75, 3.05) is 0 Å². The van der Waals surface area contributed by atoms with E-state index in [0.29, 0.717) is 10.6 Å². The molecule has 2 aromatic rings. The second-order valence-corrected chi connectivity index (χ2v) is 4.34. The molecule has 2 rings (SSSR count). The normalized spacial score (nSPS) is 12.5. The first-order valence-electron chi connectivity index (χ1n) is 5.25. The van der Waals surface area contributed by atoms with Gasteiger partial charge in [0.1, 0.15) is 0 Å². The Hall–Kier alpha value is -1.45. The maximum Gasteiger partial charge on any atom is 0.220 e. The Labute approximate surface area is 104 Å². The molecule has 1 heterocycles. The van der Waals surface area contributed by atoms with E-state index in [2.05, 4.69) is 4.98 Å². The molecule has 4 heteroatoms. The zero-order chi connectivity index (χ0) is 12.4. The van der Waals surface area contributed by atoms with Crippen LogP contribution in [0.4, 0.5) is 4.39 Å². The summed E-state index contributed by atoms with van der Waals surface area (Å²) in [5.41, 5.74) is 7.89. The van der Waals surface area contributed by atoms with E-state index in [1.807, 2.05) is 31.2 Å². The van der Waals surface area contributed by atoms with Gasteiger partial charge in [-0.05, 0) is 24.1 Å². The van der Waals surface area contributed by atoms with Crippen LogP contribution in [0.15, 0.2) is 36.5 Å². The molecule has 1 atom stereocenters. The van der Waals surface area contributed by atoms with Gasteiger partial charge in [-0.1, -0.05) is 35.9 Å². The predicted molar refractivity (Wildman–Crippen MR) is 67.2 cm³/mol. The lowest BCUT2D eigenvalue weighted by Crippen LogP contribution is -2.04. The third-order valence-corrected chi connectivity index (χ3v) is 2.76. The summed E-state index contributed by atoms with van der Waals surface area (Å²) in [6.45, 7) is 1.90. The van der Waals surface area contributed by atoms with Crippen molar-refractivity contribution in [3.8, 4) is 11.1 Å². The van der Waals surface area contributed by atoms with Crippen LogP contribution in [0.5, 0.6) is 0 Å². The molecule has 0 aliphatic heterocycles. The highest BCUT2D eigenvalue weighted by Gasteiger charge is 2.07. The fourth-order valence-corrected chi connectivity index (χ4v) is 1.75. The molecule has 0 spiro atoms. The minimum Gasteiger partial charge on any atom is -0.324 e. The van der Waals surface area contributed by atoms with Gasteiger partial charge in [0.25, 0.3) is 0 Å². The lowest BCUT2D eigenvalue weighted by molar-refractivity contribution is 0.587. The molecule has 1 aromatic heterocycles. The first-order chi connectivity index (χ1) is 8.08. The van der Waals surface area contributed by atoms with Gasteiger partial charge in [-0.3, -0.25) is 0 Å². The molecule has 0 amide bonds. The Morgan fingerprint density at radius 1 is 1.29 bits per heavy atom. The molecule has 0 saturated carbocycles. The highest BCUT2D eigenvalue weighted by Crippen LogP contribution is 2.25. The van der Waals surface area contributed by atoms with Gasteiger partial charge in [-0.15, -0.1) is 0 Å². The van der Waals surface area contributed by atoms with E-state index in [0.717, 1.165) is 11.1 Å². The van der Waals surface area contributed by atoms with Crippen LogP contribution in [0.3, 0.4) is 0 Å². The summed E-state index contributed by atoms with van der Waals surface area (Å²) in [5, 5.41) is 0.415. The molecule has 88 valence electrons. The summed E-state index contributed by atoms with van der Waals surface area (Å²) in [6.07, 6.45) is 1.29. The molecule has 2 nitrogen and oxygen atoms in total. The van der Waals surface area contributed by atoms with Gasteiger partial charge in [0.05, 0.1) is 5.02 Å². The number of rotatable bonds is 2. The van der Waals surface area contributed by atoms with Gasteiger partial charge in [0.2, 0.25) is 5.95 Å². The van der Waals surface area contributed by atoms with Gasteiger partial charge >= 0.3 is 0 Å². The van der Waals surface area contributed by atoms with Crippen molar-refractivity contribution in [1.29, 1.82) is 0 Å².